The molecule has 3 aromatic rings. The zero-order valence-corrected chi connectivity index (χ0v) is 15.7. The van der Waals surface area contributed by atoms with E-state index >= 15 is 0 Å². The van der Waals surface area contributed by atoms with E-state index in [9.17, 15) is 10.1 Å². The smallest absolute Gasteiger partial charge is 0.330 e. The van der Waals surface area contributed by atoms with Gasteiger partial charge in [-0.25, -0.2) is 4.79 Å². The Hall–Kier alpha value is -3.30. The first-order chi connectivity index (χ1) is 13.8. The van der Waals surface area contributed by atoms with Gasteiger partial charge in [0.1, 0.15) is 5.82 Å². The van der Waals surface area contributed by atoms with E-state index in [4.69, 9.17) is 0 Å². The molecule has 0 saturated carbocycles. The van der Waals surface area contributed by atoms with Gasteiger partial charge in [-0.1, -0.05) is 48.5 Å². The Morgan fingerprint density at radius 2 is 1.68 bits per heavy atom. The minimum absolute atomic E-state index is 0.0508. The molecule has 1 saturated heterocycles. The highest BCUT2D eigenvalue weighted by Crippen LogP contribution is 2.17. The van der Waals surface area contributed by atoms with Crippen molar-refractivity contribution in [3.05, 3.63) is 88.0 Å². The first kappa shape index (κ1) is 18.1. The van der Waals surface area contributed by atoms with Gasteiger partial charge < -0.3 is 10.2 Å². The Morgan fingerprint density at radius 1 is 0.964 bits per heavy atom. The van der Waals surface area contributed by atoms with E-state index in [1.165, 1.54) is 0 Å². The van der Waals surface area contributed by atoms with Gasteiger partial charge in [0.2, 0.25) is 0 Å². The van der Waals surface area contributed by atoms with Gasteiger partial charge in [0, 0.05) is 26.2 Å². The largest absolute Gasteiger partial charge is 0.354 e. The van der Waals surface area contributed by atoms with Crippen molar-refractivity contribution in [3.63, 3.8) is 0 Å². The maximum absolute atomic E-state index is 13.2. The molecular formula is C22H23N5O. The van der Waals surface area contributed by atoms with Gasteiger partial charge in [-0.15, -0.1) is 0 Å². The predicted octanol–water partition coefficient (Wildman–Crippen LogP) is 2.03. The molecule has 0 bridgehead atoms. The number of rotatable bonds is 5. The van der Waals surface area contributed by atoms with Gasteiger partial charge in [0.15, 0.2) is 0 Å². The minimum atomic E-state index is -0.0508. The molecule has 0 spiro atoms. The molecule has 0 unspecified atom stereocenters. The molecule has 1 fully saturated rings. The Kier molecular flexibility index (Phi) is 5.27. The van der Waals surface area contributed by atoms with Crippen LogP contribution in [0.5, 0.6) is 0 Å². The third kappa shape index (κ3) is 3.71. The Labute approximate surface area is 164 Å². The van der Waals surface area contributed by atoms with Gasteiger partial charge in [0.05, 0.1) is 30.9 Å². The van der Waals surface area contributed by atoms with Gasteiger partial charge in [-0.2, -0.15) is 5.26 Å². The molecule has 0 radical (unpaired) electrons. The van der Waals surface area contributed by atoms with Crippen molar-refractivity contribution >= 4 is 5.82 Å². The normalized spacial score (nSPS) is 14.0. The molecule has 4 rings (SSSR count). The van der Waals surface area contributed by atoms with Crippen molar-refractivity contribution in [2.24, 2.45) is 0 Å². The lowest BCUT2D eigenvalue weighted by Crippen LogP contribution is -2.44. The van der Waals surface area contributed by atoms with E-state index in [1.807, 2.05) is 59.3 Å². The summed E-state index contributed by atoms with van der Waals surface area (Å²) >= 11 is 0. The Bertz CT molecular complexity index is 1040. The van der Waals surface area contributed by atoms with E-state index in [0.29, 0.717) is 18.7 Å². The maximum atomic E-state index is 13.2. The summed E-state index contributed by atoms with van der Waals surface area (Å²) < 4.78 is 3.56. The van der Waals surface area contributed by atoms with Crippen LogP contribution >= 0.6 is 0 Å². The van der Waals surface area contributed by atoms with Crippen LogP contribution in [-0.4, -0.2) is 35.3 Å². The summed E-state index contributed by atoms with van der Waals surface area (Å²) in [6, 6.07) is 19.7. The summed E-state index contributed by atoms with van der Waals surface area (Å²) in [4.78, 5) is 15.5. The van der Waals surface area contributed by atoms with Crippen LogP contribution in [-0.2, 0) is 13.1 Å². The van der Waals surface area contributed by atoms with Crippen LogP contribution in [0.25, 0.3) is 0 Å². The number of nitrogens with one attached hydrogen (secondary N) is 1. The number of piperazine rings is 1. The molecule has 1 aliphatic heterocycles. The Balaban J connectivity index is 1.73. The first-order valence-corrected chi connectivity index (χ1v) is 9.54. The Morgan fingerprint density at radius 3 is 2.43 bits per heavy atom. The molecule has 6 nitrogen and oxygen atoms in total. The number of nitrogens with zero attached hydrogens (tertiary/aromatic N) is 4. The van der Waals surface area contributed by atoms with E-state index in [1.54, 1.807) is 10.6 Å². The van der Waals surface area contributed by atoms with E-state index < -0.39 is 0 Å². The SMILES string of the molecule is N#Cc1ccccc1Cn1cc(N2CCNCC2)n(Cc2ccccc2)c1=O. The molecule has 1 N–H and O–H groups in total. The topological polar surface area (TPSA) is 66.0 Å². The zero-order chi connectivity index (χ0) is 19.3. The lowest BCUT2D eigenvalue weighted by Gasteiger charge is -2.29. The first-order valence-electron chi connectivity index (χ1n) is 9.54. The number of aromatic nitrogens is 2. The quantitative estimate of drug-likeness (QED) is 0.743. The highest BCUT2D eigenvalue weighted by atomic mass is 16.1. The van der Waals surface area contributed by atoms with Crippen molar-refractivity contribution in [1.82, 2.24) is 14.5 Å². The highest BCUT2D eigenvalue weighted by molar-refractivity contribution is 5.41. The lowest BCUT2D eigenvalue weighted by molar-refractivity contribution is 0.573. The standard InChI is InChI=1S/C22H23N5O/c23-14-19-8-4-5-9-20(19)16-26-17-21(25-12-10-24-11-13-25)27(22(26)28)15-18-6-2-1-3-7-18/h1-9,17,24H,10-13,15-16H2. The summed E-state index contributed by atoms with van der Waals surface area (Å²) in [7, 11) is 0. The van der Waals surface area contributed by atoms with Crippen LogP contribution in [0.4, 0.5) is 5.82 Å². The summed E-state index contributed by atoms with van der Waals surface area (Å²) in [5.74, 6) is 0.935. The second-order valence-corrected chi connectivity index (χ2v) is 6.98. The molecular weight excluding hydrogens is 350 g/mol. The summed E-state index contributed by atoms with van der Waals surface area (Å²) in [6.07, 6.45) is 1.94. The average molecular weight is 373 g/mol. The average Bonchev–Trinajstić information content (AvgIpc) is 3.05. The van der Waals surface area contributed by atoms with Crippen molar-refractivity contribution in [2.45, 2.75) is 13.1 Å². The molecule has 2 heterocycles. The fourth-order valence-electron chi connectivity index (χ4n) is 3.64. The van der Waals surface area contributed by atoms with Gasteiger partial charge in [-0.05, 0) is 17.2 Å². The molecule has 0 amide bonds. The minimum Gasteiger partial charge on any atom is -0.354 e. The molecule has 0 atom stereocenters. The number of hydrogen-bond donors (Lipinski definition) is 1. The van der Waals surface area contributed by atoms with E-state index in [2.05, 4.69) is 16.3 Å². The number of anilines is 1. The molecule has 0 aliphatic carbocycles. The number of nitriles is 1. The van der Waals surface area contributed by atoms with Gasteiger partial charge >= 0.3 is 5.69 Å². The molecule has 28 heavy (non-hydrogen) atoms. The van der Waals surface area contributed by atoms with Crippen LogP contribution < -0.4 is 15.9 Å². The van der Waals surface area contributed by atoms with Gasteiger partial charge in [-0.3, -0.25) is 9.13 Å². The third-order valence-corrected chi connectivity index (χ3v) is 5.13. The van der Waals surface area contributed by atoms with Gasteiger partial charge in [0.25, 0.3) is 0 Å². The monoisotopic (exact) mass is 373 g/mol. The highest BCUT2D eigenvalue weighted by Gasteiger charge is 2.19. The van der Waals surface area contributed by atoms with Crippen molar-refractivity contribution in [2.75, 3.05) is 31.1 Å². The van der Waals surface area contributed by atoms with Crippen LogP contribution in [0.2, 0.25) is 0 Å². The third-order valence-electron chi connectivity index (χ3n) is 5.13. The summed E-state index contributed by atoms with van der Waals surface area (Å²) in [6.45, 7) is 4.47. The summed E-state index contributed by atoms with van der Waals surface area (Å²) in [5.41, 5.74) is 2.51. The maximum Gasteiger partial charge on any atom is 0.330 e. The number of hydrogen-bond acceptors (Lipinski definition) is 4. The van der Waals surface area contributed by atoms with Crippen LogP contribution in [0.15, 0.2) is 65.6 Å². The van der Waals surface area contributed by atoms with Crippen LogP contribution in [0, 0.1) is 11.3 Å². The van der Waals surface area contributed by atoms with E-state index in [-0.39, 0.29) is 5.69 Å². The molecule has 1 aromatic heterocycles. The van der Waals surface area contributed by atoms with Crippen LogP contribution in [0.1, 0.15) is 16.7 Å². The lowest BCUT2D eigenvalue weighted by atomic mass is 10.1. The predicted molar refractivity (Wildman–Crippen MR) is 110 cm³/mol. The molecule has 142 valence electrons. The summed E-state index contributed by atoms with van der Waals surface area (Å²) in [5, 5.41) is 12.7. The molecule has 1 aliphatic rings. The van der Waals surface area contributed by atoms with Crippen LogP contribution in [0.3, 0.4) is 0 Å². The molecule has 6 heteroatoms. The molecule has 2 aromatic carbocycles. The van der Waals surface area contributed by atoms with Crippen molar-refractivity contribution < 1.29 is 0 Å². The zero-order valence-electron chi connectivity index (χ0n) is 15.7. The van der Waals surface area contributed by atoms with Crippen molar-refractivity contribution in [1.29, 1.82) is 5.26 Å². The second-order valence-electron chi connectivity index (χ2n) is 6.98. The van der Waals surface area contributed by atoms with E-state index in [0.717, 1.165) is 43.1 Å². The fraction of sp³-hybridized carbons (Fsp3) is 0.273. The second kappa shape index (κ2) is 8.15. The number of benzene rings is 2. The fourth-order valence-corrected chi connectivity index (χ4v) is 3.64. The number of imidazole rings is 1. The van der Waals surface area contributed by atoms with Crippen molar-refractivity contribution in [3.8, 4) is 6.07 Å².